The topological polar surface area (TPSA) is 43.8 Å². The molecule has 0 aromatic carbocycles. The Hall–Kier alpha value is -0.620. The van der Waals surface area contributed by atoms with Crippen LogP contribution in [0.5, 0.6) is 0 Å². The molecule has 2 unspecified atom stereocenters. The second kappa shape index (κ2) is 7.58. The fourth-order valence-electron chi connectivity index (χ4n) is 2.86. The zero-order valence-electron chi connectivity index (χ0n) is 12.6. The van der Waals surface area contributed by atoms with E-state index in [9.17, 15) is 9.90 Å². The number of hydrogen-bond donors (Lipinski definition) is 1. The molecule has 2 atom stereocenters. The summed E-state index contributed by atoms with van der Waals surface area (Å²) < 4.78 is 0.746. The first-order chi connectivity index (χ1) is 10.0. The Morgan fingerprint density at radius 1 is 1.52 bits per heavy atom. The van der Waals surface area contributed by atoms with Crippen LogP contribution in [-0.4, -0.2) is 53.1 Å². The maximum Gasteiger partial charge on any atom is 0.236 e. The highest BCUT2D eigenvalue weighted by molar-refractivity contribution is 7.16. The monoisotopic (exact) mass is 330 g/mol. The van der Waals surface area contributed by atoms with Crippen molar-refractivity contribution in [3.8, 4) is 0 Å². The van der Waals surface area contributed by atoms with Gasteiger partial charge < -0.3 is 10.0 Å². The number of aliphatic hydroxyl groups is 1. The predicted molar refractivity (Wildman–Crippen MR) is 86.7 cm³/mol. The second-order valence-corrected chi connectivity index (χ2v) is 7.54. The Kier molecular flexibility index (Phi) is 6.05. The molecule has 6 heteroatoms. The maximum atomic E-state index is 12.4. The molecule has 1 aliphatic rings. The van der Waals surface area contributed by atoms with Crippen LogP contribution in [0.3, 0.4) is 0 Å². The molecule has 1 amide bonds. The van der Waals surface area contributed by atoms with Crippen molar-refractivity contribution in [2.24, 2.45) is 0 Å². The summed E-state index contributed by atoms with van der Waals surface area (Å²) >= 11 is 7.42. The Balaban J connectivity index is 1.92. The molecule has 2 heterocycles. The molecule has 4 nitrogen and oxygen atoms in total. The molecule has 1 aromatic rings. The van der Waals surface area contributed by atoms with Gasteiger partial charge in [-0.1, -0.05) is 18.0 Å². The summed E-state index contributed by atoms with van der Waals surface area (Å²) in [5, 5.41) is 9.49. The molecule has 118 valence electrons. The minimum Gasteiger partial charge on any atom is -0.395 e. The fourth-order valence-corrected chi connectivity index (χ4v) is 4.00. The third kappa shape index (κ3) is 4.42. The van der Waals surface area contributed by atoms with E-state index in [2.05, 4.69) is 11.8 Å². The number of halogens is 1. The number of rotatable bonds is 5. The van der Waals surface area contributed by atoms with Crippen LogP contribution in [0.4, 0.5) is 0 Å². The highest BCUT2D eigenvalue weighted by Gasteiger charge is 2.29. The quantitative estimate of drug-likeness (QED) is 0.902. The van der Waals surface area contributed by atoms with Crippen molar-refractivity contribution in [1.29, 1.82) is 0 Å². The van der Waals surface area contributed by atoms with Crippen LogP contribution >= 0.6 is 22.9 Å². The van der Waals surface area contributed by atoms with E-state index in [4.69, 9.17) is 11.6 Å². The van der Waals surface area contributed by atoms with Gasteiger partial charge >= 0.3 is 0 Å². The minimum absolute atomic E-state index is 0.0896. The van der Waals surface area contributed by atoms with Crippen molar-refractivity contribution in [1.82, 2.24) is 9.80 Å². The smallest absolute Gasteiger partial charge is 0.236 e. The van der Waals surface area contributed by atoms with Crippen molar-refractivity contribution in [3.05, 3.63) is 21.3 Å². The van der Waals surface area contributed by atoms with Crippen LogP contribution in [0.2, 0.25) is 4.34 Å². The number of carbonyl (C=O) groups is 1. The van der Waals surface area contributed by atoms with Crippen molar-refractivity contribution in [2.75, 3.05) is 20.2 Å². The summed E-state index contributed by atoms with van der Waals surface area (Å²) in [6.45, 7) is 3.22. The first-order valence-corrected chi connectivity index (χ1v) is 8.55. The van der Waals surface area contributed by atoms with Gasteiger partial charge in [-0.2, -0.15) is 0 Å². The van der Waals surface area contributed by atoms with Gasteiger partial charge in [0.1, 0.15) is 0 Å². The third-order valence-electron chi connectivity index (χ3n) is 4.17. The first-order valence-electron chi connectivity index (χ1n) is 7.36. The summed E-state index contributed by atoms with van der Waals surface area (Å²) in [6.07, 6.45) is 3.19. The lowest BCUT2D eigenvalue weighted by molar-refractivity contribution is -0.133. The summed E-state index contributed by atoms with van der Waals surface area (Å²) in [6, 6.07) is 4.28. The molecule has 1 aliphatic heterocycles. The average molecular weight is 331 g/mol. The molecule has 1 aromatic heterocycles. The molecule has 1 saturated heterocycles. The highest BCUT2D eigenvalue weighted by Crippen LogP contribution is 2.24. The minimum atomic E-state index is 0.0896. The van der Waals surface area contributed by atoms with Crippen molar-refractivity contribution in [2.45, 2.75) is 44.8 Å². The summed E-state index contributed by atoms with van der Waals surface area (Å²) in [5.74, 6) is 0.0896. The standard InChI is InChI=1S/C15H23ClN2O2S/c1-11-4-3-5-12(10-19)18(11)9-15(20)17(2)8-13-6-7-14(16)21-13/h6-7,11-12,19H,3-5,8-10H2,1-2H3. The van der Waals surface area contributed by atoms with E-state index in [1.54, 1.807) is 4.90 Å². The average Bonchev–Trinajstić information content (AvgIpc) is 2.86. The first kappa shape index (κ1) is 16.7. The van der Waals surface area contributed by atoms with Crippen LogP contribution in [0, 0.1) is 0 Å². The van der Waals surface area contributed by atoms with Gasteiger partial charge in [0.2, 0.25) is 5.91 Å². The molecule has 0 aliphatic carbocycles. The van der Waals surface area contributed by atoms with Gasteiger partial charge in [0.15, 0.2) is 0 Å². The van der Waals surface area contributed by atoms with Crippen LogP contribution < -0.4 is 0 Å². The number of likely N-dealkylation sites (N-methyl/N-ethyl adjacent to an activating group) is 1. The Morgan fingerprint density at radius 3 is 2.90 bits per heavy atom. The van der Waals surface area contributed by atoms with E-state index in [0.717, 1.165) is 28.5 Å². The largest absolute Gasteiger partial charge is 0.395 e. The molecule has 21 heavy (non-hydrogen) atoms. The lowest BCUT2D eigenvalue weighted by Crippen LogP contribution is -2.51. The molecule has 0 saturated carbocycles. The Morgan fingerprint density at radius 2 is 2.29 bits per heavy atom. The molecule has 2 rings (SSSR count). The number of carbonyl (C=O) groups excluding carboxylic acids is 1. The van der Waals surface area contributed by atoms with Crippen LogP contribution in [-0.2, 0) is 11.3 Å². The number of likely N-dealkylation sites (tertiary alicyclic amines) is 1. The lowest BCUT2D eigenvalue weighted by atomic mass is 9.97. The zero-order chi connectivity index (χ0) is 15.4. The van der Waals surface area contributed by atoms with Gasteiger partial charge in [-0.3, -0.25) is 9.69 Å². The van der Waals surface area contributed by atoms with Gasteiger partial charge in [0.25, 0.3) is 0 Å². The van der Waals surface area contributed by atoms with E-state index < -0.39 is 0 Å². The van der Waals surface area contributed by atoms with E-state index in [0.29, 0.717) is 19.1 Å². The number of thiophene rings is 1. The van der Waals surface area contributed by atoms with Gasteiger partial charge in [0.05, 0.1) is 24.0 Å². The van der Waals surface area contributed by atoms with E-state index in [1.807, 2.05) is 19.2 Å². The van der Waals surface area contributed by atoms with Crippen LogP contribution in [0.25, 0.3) is 0 Å². The summed E-state index contributed by atoms with van der Waals surface area (Å²) in [7, 11) is 1.82. The summed E-state index contributed by atoms with van der Waals surface area (Å²) in [5.41, 5.74) is 0. The molecule has 0 spiro atoms. The molecule has 1 N–H and O–H groups in total. The summed E-state index contributed by atoms with van der Waals surface area (Å²) in [4.78, 5) is 17.4. The number of amides is 1. The van der Waals surface area contributed by atoms with Gasteiger partial charge in [-0.05, 0) is 31.9 Å². The molecule has 0 radical (unpaired) electrons. The predicted octanol–water partition coefficient (Wildman–Crippen LogP) is 2.60. The fraction of sp³-hybridized carbons (Fsp3) is 0.667. The van der Waals surface area contributed by atoms with Gasteiger partial charge in [-0.15, -0.1) is 11.3 Å². The number of nitrogens with zero attached hydrogens (tertiary/aromatic N) is 2. The van der Waals surface area contributed by atoms with Gasteiger partial charge in [0, 0.05) is 24.0 Å². The van der Waals surface area contributed by atoms with E-state index >= 15 is 0 Å². The highest BCUT2D eigenvalue weighted by atomic mass is 35.5. The lowest BCUT2D eigenvalue weighted by Gasteiger charge is -2.40. The SMILES string of the molecule is CC1CCCC(CO)N1CC(=O)N(C)Cc1ccc(Cl)s1. The molecular weight excluding hydrogens is 308 g/mol. The van der Waals surface area contributed by atoms with Gasteiger partial charge in [-0.25, -0.2) is 0 Å². The number of piperidine rings is 1. The Bertz CT molecular complexity index is 480. The van der Waals surface area contributed by atoms with Crippen molar-refractivity contribution >= 4 is 28.8 Å². The maximum absolute atomic E-state index is 12.4. The normalized spacial score (nSPS) is 23.2. The molecular formula is C15H23ClN2O2S. The second-order valence-electron chi connectivity index (χ2n) is 5.74. The Labute approximate surface area is 135 Å². The van der Waals surface area contributed by atoms with E-state index in [1.165, 1.54) is 11.3 Å². The van der Waals surface area contributed by atoms with Crippen LogP contribution in [0.1, 0.15) is 31.1 Å². The number of hydrogen-bond acceptors (Lipinski definition) is 4. The van der Waals surface area contributed by atoms with Crippen molar-refractivity contribution in [3.63, 3.8) is 0 Å². The number of aliphatic hydroxyl groups excluding tert-OH is 1. The van der Waals surface area contributed by atoms with Crippen LogP contribution in [0.15, 0.2) is 12.1 Å². The molecule has 1 fully saturated rings. The zero-order valence-corrected chi connectivity index (χ0v) is 14.2. The van der Waals surface area contributed by atoms with Crippen molar-refractivity contribution < 1.29 is 9.90 Å². The molecule has 0 bridgehead atoms. The van der Waals surface area contributed by atoms with E-state index in [-0.39, 0.29) is 18.6 Å². The third-order valence-corrected chi connectivity index (χ3v) is 5.39.